The zero-order valence-electron chi connectivity index (χ0n) is 13.7. The Hall–Kier alpha value is -2.54. The van der Waals surface area contributed by atoms with Gasteiger partial charge in [0.2, 0.25) is 5.91 Å². The van der Waals surface area contributed by atoms with E-state index in [1.54, 1.807) is 11.9 Å². The Balaban J connectivity index is 1.82. The number of carbonyl (C=O) groups is 2. The van der Waals surface area contributed by atoms with Gasteiger partial charge in [0.15, 0.2) is 0 Å². The van der Waals surface area contributed by atoms with Crippen LogP contribution in [-0.4, -0.2) is 53.7 Å². The summed E-state index contributed by atoms with van der Waals surface area (Å²) in [6.07, 6.45) is -0.0599. The summed E-state index contributed by atoms with van der Waals surface area (Å²) in [5.74, 6) is 0.649. The molecule has 24 heavy (non-hydrogen) atoms. The Bertz CT molecular complexity index is 729. The van der Waals surface area contributed by atoms with Crippen LogP contribution in [0.5, 0.6) is 0 Å². The number of carbonyl (C=O) groups excluding carboxylic acids is 1. The molecule has 1 fully saturated rings. The van der Waals surface area contributed by atoms with E-state index in [0.717, 1.165) is 16.7 Å². The van der Waals surface area contributed by atoms with E-state index in [0.29, 0.717) is 25.9 Å². The van der Waals surface area contributed by atoms with Crippen molar-refractivity contribution >= 4 is 28.7 Å². The number of carboxylic acid groups (broad SMARTS) is 1. The highest BCUT2D eigenvalue weighted by atomic mass is 16.4. The molecule has 3 rings (SSSR count). The minimum atomic E-state index is -0.947. The molecule has 0 saturated carbocycles. The number of H-pyrrole nitrogens is 1. The van der Waals surface area contributed by atoms with Crippen LogP contribution < -0.4 is 10.6 Å². The normalized spacial score (nSPS) is 17.0. The molecule has 0 unspecified atom stereocenters. The number of nitrogens with two attached hydrogens (primary N) is 1. The number of aromatic nitrogens is 1. The number of rotatable bonds is 3. The highest BCUT2D eigenvalue weighted by Crippen LogP contribution is 2.34. The number of likely N-dealkylation sites (tertiary alicyclic amines) is 1. The Morgan fingerprint density at radius 1 is 1.33 bits per heavy atom. The maximum Gasteiger partial charge on any atom is 0.407 e. The molecule has 2 heterocycles. The molecule has 0 aliphatic carbocycles. The minimum Gasteiger partial charge on any atom is -0.465 e. The molecule has 4 N–H and O–H groups in total. The van der Waals surface area contributed by atoms with E-state index >= 15 is 0 Å². The highest BCUT2D eigenvalue weighted by molar-refractivity contribution is 5.99. The summed E-state index contributed by atoms with van der Waals surface area (Å²) in [6.45, 7) is 0.876. The van der Waals surface area contributed by atoms with Gasteiger partial charge in [-0.15, -0.1) is 0 Å². The van der Waals surface area contributed by atoms with Crippen LogP contribution in [0, 0.1) is 5.41 Å². The number of fused-ring (bicyclic) bond motifs is 1. The third-order valence-corrected chi connectivity index (χ3v) is 5.02. The van der Waals surface area contributed by atoms with Crippen LogP contribution in [0.3, 0.4) is 0 Å². The van der Waals surface area contributed by atoms with Gasteiger partial charge in [-0.2, -0.15) is 0 Å². The molecule has 0 bridgehead atoms. The summed E-state index contributed by atoms with van der Waals surface area (Å²) in [7, 11) is 1.73. The zero-order valence-corrected chi connectivity index (χ0v) is 13.7. The highest BCUT2D eigenvalue weighted by Gasteiger charge is 2.43. The standard InChI is InChI=1S/C17H22N4O3/c1-20(14-10-12-4-2-3-5-13(12)19-14)15(22)17(11-18)6-8-21(9-7-17)16(23)24/h2-5,10,19H,6-9,11,18H2,1H3,(H,23,24). The number of para-hydroxylation sites is 1. The third kappa shape index (κ3) is 2.71. The number of hydrogen-bond acceptors (Lipinski definition) is 3. The number of amides is 2. The van der Waals surface area contributed by atoms with Crippen molar-refractivity contribution in [1.82, 2.24) is 9.88 Å². The van der Waals surface area contributed by atoms with Gasteiger partial charge in [0.25, 0.3) is 0 Å². The van der Waals surface area contributed by atoms with Gasteiger partial charge in [0.1, 0.15) is 5.82 Å². The Kier molecular flexibility index (Phi) is 4.19. The fraction of sp³-hybridized carbons (Fsp3) is 0.412. The molecule has 1 aromatic heterocycles. The number of piperidine rings is 1. The van der Waals surface area contributed by atoms with Crippen LogP contribution in [0.2, 0.25) is 0 Å². The molecule has 1 saturated heterocycles. The van der Waals surface area contributed by atoms with Crippen molar-refractivity contribution in [2.45, 2.75) is 12.8 Å². The van der Waals surface area contributed by atoms with Gasteiger partial charge in [0.05, 0.1) is 5.41 Å². The van der Waals surface area contributed by atoms with Crippen LogP contribution in [0.15, 0.2) is 30.3 Å². The lowest BCUT2D eigenvalue weighted by atomic mass is 9.77. The Morgan fingerprint density at radius 3 is 2.58 bits per heavy atom. The van der Waals surface area contributed by atoms with Gasteiger partial charge in [-0.25, -0.2) is 4.79 Å². The molecule has 0 spiro atoms. The third-order valence-electron chi connectivity index (χ3n) is 5.02. The van der Waals surface area contributed by atoms with Crippen LogP contribution in [-0.2, 0) is 4.79 Å². The van der Waals surface area contributed by atoms with Gasteiger partial charge in [-0.1, -0.05) is 18.2 Å². The van der Waals surface area contributed by atoms with Crippen LogP contribution in [0.1, 0.15) is 12.8 Å². The van der Waals surface area contributed by atoms with E-state index in [4.69, 9.17) is 10.8 Å². The minimum absolute atomic E-state index is 0.0680. The number of benzene rings is 1. The number of nitrogens with zero attached hydrogens (tertiary/aromatic N) is 2. The second-order valence-electron chi connectivity index (χ2n) is 6.36. The first kappa shape index (κ1) is 16.3. The second-order valence-corrected chi connectivity index (χ2v) is 6.36. The van der Waals surface area contributed by atoms with Crippen molar-refractivity contribution in [2.75, 3.05) is 31.6 Å². The predicted molar refractivity (Wildman–Crippen MR) is 92.0 cm³/mol. The molecular formula is C17H22N4O3. The zero-order chi connectivity index (χ0) is 17.3. The Labute approximate surface area is 140 Å². The molecule has 2 aromatic rings. The van der Waals surface area contributed by atoms with E-state index in [1.165, 1.54) is 4.90 Å². The fourth-order valence-corrected chi connectivity index (χ4v) is 3.34. The number of nitrogens with one attached hydrogen (secondary N) is 1. The molecule has 1 aliphatic rings. The van der Waals surface area contributed by atoms with Crippen LogP contribution >= 0.6 is 0 Å². The lowest BCUT2D eigenvalue weighted by Gasteiger charge is -2.40. The average Bonchev–Trinajstić information content (AvgIpc) is 3.04. The topological polar surface area (TPSA) is 103 Å². The van der Waals surface area contributed by atoms with Gasteiger partial charge in [0, 0.05) is 37.6 Å². The first-order valence-corrected chi connectivity index (χ1v) is 8.01. The molecule has 7 heteroatoms. The second kappa shape index (κ2) is 6.16. The van der Waals surface area contributed by atoms with Crippen molar-refractivity contribution in [3.63, 3.8) is 0 Å². The number of anilines is 1. The molecule has 2 amide bonds. The summed E-state index contributed by atoms with van der Waals surface area (Å²) >= 11 is 0. The van der Waals surface area contributed by atoms with Crippen molar-refractivity contribution in [2.24, 2.45) is 11.1 Å². The van der Waals surface area contributed by atoms with E-state index in [9.17, 15) is 9.59 Å². The van der Waals surface area contributed by atoms with Gasteiger partial charge in [-0.3, -0.25) is 4.79 Å². The van der Waals surface area contributed by atoms with Crippen LogP contribution in [0.25, 0.3) is 10.9 Å². The first-order valence-electron chi connectivity index (χ1n) is 8.01. The summed E-state index contributed by atoms with van der Waals surface area (Å²) in [6, 6.07) is 9.76. The lowest BCUT2D eigenvalue weighted by molar-refractivity contribution is -0.130. The summed E-state index contributed by atoms with van der Waals surface area (Å²) in [5, 5.41) is 10.1. The monoisotopic (exact) mass is 330 g/mol. The summed E-state index contributed by atoms with van der Waals surface area (Å²) in [4.78, 5) is 30.3. The number of hydrogen-bond donors (Lipinski definition) is 3. The van der Waals surface area contributed by atoms with E-state index < -0.39 is 11.5 Å². The van der Waals surface area contributed by atoms with Gasteiger partial charge < -0.3 is 25.6 Å². The molecule has 1 aromatic carbocycles. The first-order chi connectivity index (χ1) is 11.5. The van der Waals surface area contributed by atoms with E-state index in [-0.39, 0.29) is 12.5 Å². The van der Waals surface area contributed by atoms with Crippen LogP contribution in [0.4, 0.5) is 10.6 Å². The van der Waals surface area contributed by atoms with E-state index in [2.05, 4.69) is 4.98 Å². The van der Waals surface area contributed by atoms with Crippen molar-refractivity contribution in [3.8, 4) is 0 Å². The molecule has 1 aliphatic heterocycles. The fourth-order valence-electron chi connectivity index (χ4n) is 3.34. The summed E-state index contributed by atoms with van der Waals surface area (Å²) in [5.41, 5.74) is 6.18. The Morgan fingerprint density at radius 2 is 2.00 bits per heavy atom. The molecular weight excluding hydrogens is 308 g/mol. The van der Waals surface area contributed by atoms with Gasteiger partial charge >= 0.3 is 6.09 Å². The maximum absolute atomic E-state index is 13.1. The average molecular weight is 330 g/mol. The van der Waals surface area contributed by atoms with Crippen molar-refractivity contribution in [3.05, 3.63) is 30.3 Å². The number of aromatic amines is 1. The summed E-state index contributed by atoms with van der Waals surface area (Å²) < 4.78 is 0. The maximum atomic E-state index is 13.1. The lowest BCUT2D eigenvalue weighted by Crippen LogP contribution is -2.53. The van der Waals surface area contributed by atoms with Crippen molar-refractivity contribution in [1.29, 1.82) is 0 Å². The van der Waals surface area contributed by atoms with E-state index in [1.807, 2.05) is 30.3 Å². The molecule has 0 radical (unpaired) electrons. The SMILES string of the molecule is CN(C(=O)C1(CN)CCN(C(=O)O)CC1)c1cc2ccccc2[nH]1. The molecule has 0 atom stereocenters. The smallest absolute Gasteiger partial charge is 0.407 e. The quantitative estimate of drug-likeness (QED) is 0.799. The van der Waals surface area contributed by atoms with Crippen molar-refractivity contribution < 1.29 is 14.7 Å². The van der Waals surface area contributed by atoms with Gasteiger partial charge in [-0.05, 0) is 25.0 Å². The molecule has 7 nitrogen and oxygen atoms in total. The predicted octanol–water partition coefficient (Wildman–Crippen LogP) is 1.85. The molecule has 128 valence electrons. The largest absolute Gasteiger partial charge is 0.465 e.